The van der Waals surface area contributed by atoms with Crippen LogP contribution in [0.3, 0.4) is 0 Å². The molecule has 1 saturated heterocycles. The van der Waals surface area contributed by atoms with Crippen molar-refractivity contribution in [3.63, 3.8) is 0 Å². The van der Waals surface area contributed by atoms with Crippen LogP contribution >= 0.6 is 0 Å². The summed E-state index contributed by atoms with van der Waals surface area (Å²) in [5, 5.41) is 2.72. The van der Waals surface area contributed by atoms with E-state index in [-0.39, 0.29) is 17.8 Å². The topological polar surface area (TPSA) is 157 Å². The Bertz CT molecular complexity index is 720. The predicted molar refractivity (Wildman–Crippen MR) is 111 cm³/mol. The first kappa shape index (κ1) is 22.4. The summed E-state index contributed by atoms with van der Waals surface area (Å²) < 4.78 is 0. The lowest BCUT2D eigenvalue weighted by molar-refractivity contribution is -0.139. The van der Waals surface area contributed by atoms with Crippen molar-refractivity contribution < 1.29 is 14.4 Å². The van der Waals surface area contributed by atoms with Gasteiger partial charge in [-0.25, -0.2) is 0 Å². The molecule has 2 amide bonds. The molecular weight excluding hydrogens is 372 g/mol. The van der Waals surface area contributed by atoms with Crippen molar-refractivity contribution in [1.29, 1.82) is 0 Å². The van der Waals surface area contributed by atoms with Crippen molar-refractivity contribution in [2.45, 2.75) is 50.2 Å². The zero-order valence-electron chi connectivity index (χ0n) is 16.5. The fourth-order valence-corrected chi connectivity index (χ4v) is 3.44. The van der Waals surface area contributed by atoms with Crippen molar-refractivity contribution >= 4 is 24.1 Å². The summed E-state index contributed by atoms with van der Waals surface area (Å²) in [4.78, 5) is 42.2. The second-order valence-electron chi connectivity index (χ2n) is 7.19. The summed E-state index contributed by atoms with van der Waals surface area (Å²) in [5.74, 6) is -0.591. The Morgan fingerprint density at radius 3 is 2.66 bits per heavy atom. The second kappa shape index (κ2) is 11.2. The number of benzene rings is 1. The van der Waals surface area contributed by atoms with Crippen LogP contribution in [0.5, 0.6) is 0 Å². The molecule has 0 saturated carbocycles. The Kier molecular flexibility index (Phi) is 8.60. The van der Waals surface area contributed by atoms with Crippen molar-refractivity contribution in [1.82, 2.24) is 10.2 Å². The van der Waals surface area contributed by atoms with Gasteiger partial charge in [-0.05, 0) is 37.7 Å². The molecule has 0 radical (unpaired) electrons. The minimum atomic E-state index is -0.716. The molecule has 1 aromatic rings. The number of amides is 2. The van der Waals surface area contributed by atoms with E-state index in [0.29, 0.717) is 45.1 Å². The minimum absolute atomic E-state index is 0.0105. The van der Waals surface area contributed by atoms with E-state index in [1.165, 1.54) is 4.90 Å². The Morgan fingerprint density at radius 2 is 2.00 bits per heavy atom. The number of likely N-dealkylation sites (tertiary alicyclic amines) is 1. The van der Waals surface area contributed by atoms with Crippen LogP contribution in [0.15, 0.2) is 35.3 Å². The molecular formula is C20H30N6O3. The molecule has 1 heterocycles. The molecule has 1 aliphatic heterocycles. The van der Waals surface area contributed by atoms with Crippen LogP contribution in [-0.4, -0.2) is 60.2 Å². The van der Waals surface area contributed by atoms with Gasteiger partial charge >= 0.3 is 0 Å². The summed E-state index contributed by atoms with van der Waals surface area (Å²) in [6.45, 7) is 0.862. The average Bonchev–Trinajstić information content (AvgIpc) is 3.20. The van der Waals surface area contributed by atoms with Gasteiger partial charge in [0.1, 0.15) is 12.3 Å². The maximum atomic E-state index is 12.8. The van der Waals surface area contributed by atoms with Crippen molar-refractivity contribution in [2.75, 3.05) is 13.1 Å². The van der Waals surface area contributed by atoms with Crippen LogP contribution in [0.4, 0.5) is 0 Å². The molecule has 0 aliphatic carbocycles. The number of nitrogens with zero attached hydrogens (tertiary/aromatic N) is 2. The third-order valence-corrected chi connectivity index (χ3v) is 4.91. The van der Waals surface area contributed by atoms with E-state index in [1.54, 1.807) is 0 Å². The highest BCUT2D eigenvalue weighted by Gasteiger charge is 2.36. The SMILES string of the molecule is NC(N)=NCCCC(C=O)NC(=O)C1CCCN1C(=O)C(N)Cc1ccccc1. The first-order chi connectivity index (χ1) is 13.9. The van der Waals surface area contributed by atoms with Gasteiger partial charge in [-0.3, -0.25) is 14.6 Å². The van der Waals surface area contributed by atoms with Crippen LogP contribution < -0.4 is 22.5 Å². The van der Waals surface area contributed by atoms with E-state index in [9.17, 15) is 14.4 Å². The summed E-state index contributed by atoms with van der Waals surface area (Å²) in [6, 6.07) is 7.55. The molecule has 7 N–H and O–H groups in total. The molecule has 9 heteroatoms. The van der Waals surface area contributed by atoms with Gasteiger partial charge in [0.15, 0.2) is 5.96 Å². The van der Waals surface area contributed by atoms with Crippen LogP contribution in [0.1, 0.15) is 31.2 Å². The van der Waals surface area contributed by atoms with Gasteiger partial charge in [0.05, 0.1) is 12.1 Å². The molecule has 1 aromatic carbocycles. The third kappa shape index (κ3) is 6.86. The van der Waals surface area contributed by atoms with Crippen LogP contribution in [0, 0.1) is 0 Å². The Morgan fingerprint density at radius 1 is 1.28 bits per heavy atom. The largest absolute Gasteiger partial charge is 0.370 e. The number of aldehydes is 1. The summed E-state index contributed by atoms with van der Waals surface area (Å²) in [7, 11) is 0. The molecule has 158 valence electrons. The van der Waals surface area contributed by atoms with E-state index < -0.39 is 18.1 Å². The number of hydrogen-bond donors (Lipinski definition) is 4. The molecule has 0 spiro atoms. The lowest BCUT2D eigenvalue weighted by atomic mass is 10.0. The molecule has 1 fully saturated rings. The number of carbonyl (C=O) groups is 3. The average molecular weight is 402 g/mol. The van der Waals surface area contributed by atoms with Gasteiger partial charge in [-0.15, -0.1) is 0 Å². The fourth-order valence-electron chi connectivity index (χ4n) is 3.44. The van der Waals surface area contributed by atoms with Gasteiger partial charge in [0, 0.05) is 13.1 Å². The summed E-state index contributed by atoms with van der Waals surface area (Å²) >= 11 is 0. The number of rotatable bonds is 10. The first-order valence-electron chi connectivity index (χ1n) is 9.83. The van der Waals surface area contributed by atoms with Crippen molar-refractivity contribution in [2.24, 2.45) is 22.2 Å². The molecule has 3 unspecified atom stereocenters. The third-order valence-electron chi connectivity index (χ3n) is 4.91. The summed E-state index contributed by atoms with van der Waals surface area (Å²) in [6.07, 6.45) is 3.34. The number of hydrogen-bond acceptors (Lipinski definition) is 5. The monoisotopic (exact) mass is 402 g/mol. The van der Waals surface area contributed by atoms with E-state index in [2.05, 4.69) is 10.3 Å². The van der Waals surface area contributed by atoms with E-state index in [1.807, 2.05) is 30.3 Å². The first-order valence-corrected chi connectivity index (χ1v) is 9.83. The van der Waals surface area contributed by atoms with Gasteiger partial charge in [0.25, 0.3) is 0 Å². The second-order valence-corrected chi connectivity index (χ2v) is 7.19. The van der Waals surface area contributed by atoms with Crippen LogP contribution in [0.25, 0.3) is 0 Å². The molecule has 9 nitrogen and oxygen atoms in total. The molecule has 0 aromatic heterocycles. The standard InChI is InChI=1S/C20H30N6O3/c21-16(12-14-6-2-1-3-7-14)19(29)26-11-5-9-17(26)18(28)25-15(13-27)8-4-10-24-20(22)23/h1-3,6-7,13,15-17H,4-5,8-12,21H2,(H,25,28)(H4,22,23,24). The zero-order valence-corrected chi connectivity index (χ0v) is 16.5. The number of nitrogens with two attached hydrogens (primary N) is 3. The normalized spacial score (nSPS) is 18.0. The highest BCUT2D eigenvalue weighted by molar-refractivity contribution is 5.91. The maximum absolute atomic E-state index is 12.8. The quantitative estimate of drug-likeness (QED) is 0.175. The molecule has 0 bridgehead atoms. The summed E-state index contributed by atoms with van der Waals surface area (Å²) in [5.41, 5.74) is 17.6. The highest BCUT2D eigenvalue weighted by Crippen LogP contribution is 2.19. The number of guanidine groups is 1. The Hall–Kier alpha value is -2.94. The number of aliphatic imine (C=N–C) groups is 1. The molecule has 1 aliphatic rings. The molecule has 29 heavy (non-hydrogen) atoms. The number of nitrogens with one attached hydrogen (secondary N) is 1. The van der Waals surface area contributed by atoms with E-state index in [4.69, 9.17) is 17.2 Å². The van der Waals surface area contributed by atoms with Gasteiger partial charge in [-0.1, -0.05) is 30.3 Å². The molecule has 3 atom stereocenters. The van der Waals surface area contributed by atoms with E-state index >= 15 is 0 Å². The van der Waals surface area contributed by atoms with Crippen LogP contribution in [0.2, 0.25) is 0 Å². The van der Waals surface area contributed by atoms with Gasteiger partial charge in [0.2, 0.25) is 11.8 Å². The number of carbonyl (C=O) groups excluding carboxylic acids is 3. The maximum Gasteiger partial charge on any atom is 0.243 e. The molecule has 2 rings (SSSR count). The Labute approximate surface area is 170 Å². The van der Waals surface area contributed by atoms with Gasteiger partial charge < -0.3 is 32.2 Å². The van der Waals surface area contributed by atoms with Gasteiger partial charge in [-0.2, -0.15) is 0 Å². The Balaban J connectivity index is 1.90. The highest BCUT2D eigenvalue weighted by atomic mass is 16.2. The lowest BCUT2D eigenvalue weighted by Crippen LogP contribution is -2.53. The smallest absolute Gasteiger partial charge is 0.243 e. The lowest BCUT2D eigenvalue weighted by Gasteiger charge is -2.27. The van der Waals surface area contributed by atoms with Crippen molar-refractivity contribution in [3.05, 3.63) is 35.9 Å². The van der Waals surface area contributed by atoms with Crippen LogP contribution in [-0.2, 0) is 20.8 Å². The minimum Gasteiger partial charge on any atom is -0.370 e. The fraction of sp³-hybridized carbons (Fsp3) is 0.500. The zero-order chi connectivity index (χ0) is 21.2. The van der Waals surface area contributed by atoms with E-state index in [0.717, 1.165) is 12.0 Å². The van der Waals surface area contributed by atoms with Crippen molar-refractivity contribution in [3.8, 4) is 0 Å². The predicted octanol–water partition coefficient (Wildman–Crippen LogP) is -0.715.